The van der Waals surface area contributed by atoms with Gasteiger partial charge in [-0.2, -0.15) is 5.10 Å². The Hall–Kier alpha value is -1.55. The molecule has 0 aliphatic carbocycles. The van der Waals surface area contributed by atoms with Gasteiger partial charge in [0.1, 0.15) is 17.2 Å². The van der Waals surface area contributed by atoms with E-state index in [2.05, 4.69) is 5.10 Å². The number of halogens is 1. The van der Waals surface area contributed by atoms with Crippen LogP contribution in [0, 0.1) is 20.8 Å². The molecule has 0 amide bonds. The molecular formula is C13H15ClN2O2. The van der Waals surface area contributed by atoms with Crippen LogP contribution in [0.1, 0.15) is 40.1 Å². The molecular weight excluding hydrogens is 252 g/mol. The first-order chi connectivity index (χ1) is 8.47. The molecule has 0 aliphatic rings. The first kappa shape index (κ1) is 12.9. The molecule has 0 spiro atoms. The van der Waals surface area contributed by atoms with Gasteiger partial charge in [0.2, 0.25) is 5.78 Å². The van der Waals surface area contributed by atoms with Gasteiger partial charge in [0, 0.05) is 12.1 Å². The summed E-state index contributed by atoms with van der Waals surface area (Å²) in [6.45, 7) is 8.02. The van der Waals surface area contributed by atoms with Crippen LogP contribution in [0.5, 0.6) is 0 Å². The number of furan rings is 1. The third-order valence-electron chi connectivity index (χ3n) is 3.10. The normalized spacial score (nSPS) is 10.9. The molecule has 4 nitrogen and oxygen atoms in total. The number of ketones is 1. The third kappa shape index (κ3) is 1.86. The quantitative estimate of drug-likeness (QED) is 0.801. The lowest BCUT2D eigenvalue weighted by Crippen LogP contribution is -2.12. The van der Waals surface area contributed by atoms with E-state index in [9.17, 15) is 4.79 Å². The molecule has 0 aliphatic heterocycles. The van der Waals surface area contributed by atoms with E-state index in [4.69, 9.17) is 16.0 Å². The van der Waals surface area contributed by atoms with E-state index in [1.165, 1.54) is 6.20 Å². The van der Waals surface area contributed by atoms with Crippen molar-refractivity contribution < 1.29 is 9.21 Å². The van der Waals surface area contributed by atoms with Crippen molar-refractivity contribution in [2.75, 3.05) is 0 Å². The SMILES string of the molecule is CCn1ncc(Cl)c1C(=O)c1c(C)oc(C)c1C. The molecule has 5 heteroatoms. The molecule has 0 saturated carbocycles. The maximum Gasteiger partial charge on any atom is 0.216 e. The van der Waals surface area contributed by atoms with Gasteiger partial charge in [0.15, 0.2) is 0 Å². The molecule has 0 bridgehead atoms. The largest absolute Gasteiger partial charge is 0.466 e. The molecule has 2 aromatic heterocycles. The van der Waals surface area contributed by atoms with Gasteiger partial charge in [0.05, 0.1) is 16.8 Å². The van der Waals surface area contributed by atoms with Crippen molar-refractivity contribution in [1.82, 2.24) is 9.78 Å². The zero-order valence-electron chi connectivity index (χ0n) is 10.9. The molecule has 0 aromatic carbocycles. The van der Waals surface area contributed by atoms with Crippen molar-refractivity contribution in [2.45, 2.75) is 34.2 Å². The lowest BCUT2D eigenvalue weighted by molar-refractivity contribution is 0.102. The average molecular weight is 267 g/mol. The van der Waals surface area contributed by atoms with Crippen LogP contribution in [0.3, 0.4) is 0 Å². The average Bonchev–Trinajstić information content (AvgIpc) is 2.80. The summed E-state index contributed by atoms with van der Waals surface area (Å²) in [6, 6.07) is 0. The Labute approximate surface area is 111 Å². The first-order valence-corrected chi connectivity index (χ1v) is 6.17. The molecule has 0 N–H and O–H groups in total. The van der Waals surface area contributed by atoms with Crippen LogP contribution in [-0.2, 0) is 6.54 Å². The molecule has 0 atom stereocenters. The molecule has 0 unspecified atom stereocenters. The summed E-state index contributed by atoms with van der Waals surface area (Å²) in [4.78, 5) is 12.6. The lowest BCUT2D eigenvalue weighted by atomic mass is 10.0. The summed E-state index contributed by atoms with van der Waals surface area (Å²) in [7, 11) is 0. The summed E-state index contributed by atoms with van der Waals surface area (Å²) >= 11 is 6.05. The summed E-state index contributed by atoms with van der Waals surface area (Å²) < 4.78 is 7.09. The van der Waals surface area contributed by atoms with Crippen LogP contribution in [0.25, 0.3) is 0 Å². The Kier molecular flexibility index (Phi) is 3.30. The minimum Gasteiger partial charge on any atom is -0.466 e. The Morgan fingerprint density at radius 3 is 2.56 bits per heavy atom. The highest BCUT2D eigenvalue weighted by Crippen LogP contribution is 2.26. The zero-order valence-corrected chi connectivity index (χ0v) is 11.6. The van der Waals surface area contributed by atoms with Gasteiger partial charge in [-0.15, -0.1) is 0 Å². The maximum absolute atomic E-state index is 12.6. The molecule has 0 fully saturated rings. The number of hydrogen-bond acceptors (Lipinski definition) is 3. The van der Waals surface area contributed by atoms with Crippen LogP contribution in [0.15, 0.2) is 10.6 Å². The number of carbonyl (C=O) groups excluding carboxylic acids is 1. The second-order valence-electron chi connectivity index (χ2n) is 4.20. The Balaban J connectivity index is 2.58. The summed E-state index contributed by atoms with van der Waals surface area (Å²) in [6.07, 6.45) is 1.50. The number of aromatic nitrogens is 2. The first-order valence-electron chi connectivity index (χ1n) is 5.80. The molecule has 0 saturated heterocycles. The van der Waals surface area contributed by atoms with Crippen molar-refractivity contribution in [3.05, 3.63) is 39.6 Å². The summed E-state index contributed by atoms with van der Waals surface area (Å²) in [5.41, 5.74) is 1.87. The highest BCUT2D eigenvalue weighted by molar-refractivity contribution is 6.34. The Bertz CT molecular complexity index is 611. The van der Waals surface area contributed by atoms with Crippen molar-refractivity contribution in [2.24, 2.45) is 0 Å². The van der Waals surface area contributed by atoms with Gasteiger partial charge in [-0.05, 0) is 27.7 Å². The third-order valence-corrected chi connectivity index (χ3v) is 3.37. The molecule has 2 aromatic rings. The van der Waals surface area contributed by atoms with Crippen LogP contribution >= 0.6 is 11.6 Å². The van der Waals surface area contributed by atoms with Crippen LogP contribution in [0.2, 0.25) is 5.02 Å². The van der Waals surface area contributed by atoms with Gasteiger partial charge in [-0.3, -0.25) is 9.48 Å². The van der Waals surface area contributed by atoms with E-state index in [0.29, 0.717) is 28.6 Å². The van der Waals surface area contributed by atoms with E-state index in [-0.39, 0.29) is 5.78 Å². The maximum atomic E-state index is 12.6. The van der Waals surface area contributed by atoms with Gasteiger partial charge in [-0.25, -0.2) is 0 Å². The second kappa shape index (κ2) is 4.61. The number of nitrogens with zero attached hydrogens (tertiary/aromatic N) is 2. The topological polar surface area (TPSA) is 48.0 Å². The molecule has 2 rings (SSSR count). The fraction of sp³-hybridized carbons (Fsp3) is 0.385. The molecule has 18 heavy (non-hydrogen) atoms. The van der Waals surface area contributed by atoms with Gasteiger partial charge in [-0.1, -0.05) is 11.6 Å². The fourth-order valence-electron chi connectivity index (χ4n) is 2.07. The Morgan fingerprint density at radius 2 is 2.06 bits per heavy atom. The lowest BCUT2D eigenvalue weighted by Gasteiger charge is -2.04. The van der Waals surface area contributed by atoms with Crippen LogP contribution in [0.4, 0.5) is 0 Å². The van der Waals surface area contributed by atoms with Crippen LogP contribution in [-0.4, -0.2) is 15.6 Å². The highest BCUT2D eigenvalue weighted by Gasteiger charge is 2.25. The minimum absolute atomic E-state index is 0.133. The summed E-state index contributed by atoms with van der Waals surface area (Å²) in [5, 5.41) is 4.45. The second-order valence-corrected chi connectivity index (χ2v) is 4.61. The number of aryl methyl sites for hydroxylation is 3. The monoisotopic (exact) mass is 266 g/mol. The zero-order chi connectivity index (χ0) is 13.4. The predicted octanol–water partition coefficient (Wildman–Crippen LogP) is 3.31. The smallest absolute Gasteiger partial charge is 0.216 e. The van der Waals surface area contributed by atoms with E-state index in [0.717, 1.165) is 11.3 Å². The van der Waals surface area contributed by atoms with Gasteiger partial charge >= 0.3 is 0 Å². The predicted molar refractivity (Wildman–Crippen MR) is 69.3 cm³/mol. The van der Waals surface area contributed by atoms with Crippen molar-refractivity contribution in [3.8, 4) is 0 Å². The molecule has 2 heterocycles. The molecule has 0 radical (unpaired) electrons. The van der Waals surface area contributed by atoms with Crippen molar-refractivity contribution in [3.63, 3.8) is 0 Å². The Morgan fingerprint density at radius 1 is 1.39 bits per heavy atom. The van der Waals surface area contributed by atoms with E-state index in [1.807, 2.05) is 20.8 Å². The van der Waals surface area contributed by atoms with Crippen LogP contribution < -0.4 is 0 Å². The van der Waals surface area contributed by atoms with E-state index in [1.54, 1.807) is 11.6 Å². The molecule has 96 valence electrons. The van der Waals surface area contributed by atoms with E-state index < -0.39 is 0 Å². The minimum atomic E-state index is -0.133. The van der Waals surface area contributed by atoms with Crippen molar-refractivity contribution in [1.29, 1.82) is 0 Å². The van der Waals surface area contributed by atoms with Crippen molar-refractivity contribution >= 4 is 17.4 Å². The standard InChI is InChI=1S/C13H15ClN2O2/c1-5-16-12(10(14)6-15-16)13(17)11-7(2)8(3)18-9(11)4/h6H,5H2,1-4H3. The van der Waals surface area contributed by atoms with Gasteiger partial charge in [0.25, 0.3) is 0 Å². The number of rotatable bonds is 3. The van der Waals surface area contributed by atoms with Gasteiger partial charge < -0.3 is 4.42 Å². The fourth-order valence-corrected chi connectivity index (χ4v) is 2.30. The highest BCUT2D eigenvalue weighted by atomic mass is 35.5. The summed E-state index contributed by atoms with van der Waals surface area (Å²) in [5.74, 6) is 1.25. The number of carbonyl (C=O) groups is 1. The van der Waals surface area contributed by atoms with E-state index >= 15 is 0 Å². The number of hydrogen-bond donors (Lipinski definition) is 0.